The second-order valence-electron chi connectivity index (χ2n) is 11.7. The molecule has 8 atom stereocenters. The molecule has 4 unspecified atom stereocenters. The molecule has 0 radical (unpaired) electrons. The summed E-state index contributed by atoms with van der Waals surface area (Å²) in [6.45, 7) is 1.42. The van der Waals surface area contributed by atoms with Crippen LogP contribution in [0, 0.1) is 5.41 Å². The zero-order valence-electron chi connectivity index (χ0n) is 27.6. The summed E-state index contributed by atoms with van der Waals surface area (Å²) in [4.78, 5) is 86.1. The van der Waals surface area contributed by atoms with Gasteiger partial charge in [-0.15, -0.1) is 0 Å². The lowest BCUT2D eigenvalue weighted by atomic mass is 9.87. The minimum Gasteiger partial charge on any atom is -0.386 e. The Balaban J connectivity index is 1.55. The third-order valence-corrected chi connectivity index (χ3v) is 11.6. The number of phosphoric ester groups is 3. The van der Waals surface area contributed by atoms with Crippen LogP contribution in [0.1, 0.15) is 33.4 Å². The van der Waals surface area contributed by atoms with Crippen molar-refractivity contribution in [1.82, 2.24) is 30.2 Å². The third kappa shape index (κ3) is 12.6. The lowest BCUT2D eigenvalue weighted by molar-refractivity contribution is -0.137. The number of aliphatic hydroxyl groups is 2. The van der Waals surface area contributed by atoms with Crippen molar-refractivity contribution in [2.24, 2.45) is 5.41 Å². The van der Waals surface area contributed by atoms with E-state index in [0.717, 1.165) is 17.2 Å². The van der Waals surface area contributed by atoms with Crippen LogP contribution in [0.4, 0.5) is 5.82 Å². The topological polar surface area (TPSA) is 384 Å². The van der Waals surface area contributed by atoms with E-state index in [9.17, 15) is 62.4 Å². The van der Waals surface area contributed by atoms with Gasteiger partial charge in [-0.1, -0.05) is 25.0 Å². The molecule has 3 heterocycles. The van der Waals surface area contributed by atoms with Crippen LogP contribution in [-0.2, 0) is 50.7 Å². The lowest BCUT2D eigenvalue weighted by Gasteiger charge is -2.30. The molecule has 2 aromatic heterocycles. The number of carbonyl (C=O) groups excluding carboxylic acids is 3. The van der Waals surface area contributed by atoms with Gasteiger partial charge in [-0.25, -0.2) is 28.6 Å². The van der Waals surface area contributed by atoms with Gasteiger partial charge in [0.05, 0.1) is 19.5 Å². The minimum atomic E-state index is -5.57. The summed E-state index contributed by atoms with van der Waals surface area (Å²) in [5.74, 6) is -1.52. The number of nitrogen functional groups attached to an aromatic ring is 1. The molecule has 2 aromatic rings. The van der Waals surface area contributed by atoms with Crippen molar-refractivity contribution in [1.29, 1.82) is 0 Å². The fourth-order valence-electron chi connectivity index (χ4n) is 4.40. The Bertz CT molecular complexity index is 1750. The van der Waals surface area contributed by atoms with Gasteiger partial charge in [-0.05, 0) is 0 Å². The molecule has 52 heavy (non-hydrogen) atoms. The number of rotatable bonds is 19. The molecule has 1 saturated heterocycles. The molecule has 296 valence electrons. The van der Waals surface area contributed by atoms with Gasteiger partial charge in [-0.2, -0.15) is 4.31 Å². The van der Waals surface area contributed by atoms with Crippen LogP contribution in [0.15, 0.2) is 12.7 Å². The predicted octanol–water partition coefficient (Wildman–Crippen LogP) is -1.57. The summed E-state index contributed by atoms with van der Waals surface area (Å²) in [7, 11) is -16.4. The van der Waals surface area contributed by atoms with E-state index in [1.54, 1.807) is 0 Å². The largest absolute Gasteiger partial charge is 0.481 e. The van der Waals surface area contributed by atoms with Crippen LogP contribution in [0.25, 0.3) is 11.2 Å². The first-order chi connectivity index (χ1) is 23.9. The number of nitrogens with two attached hydrogens (primary N) is 1. The fourth-order valence-corrected chi connectivity index (χ4v) is 7.87. The van der Waals surface area contributed by atoms with E-state index in [-0.39, 0.29) is 42.2 Å². The summed E-state index contributed by atoms with van der Waals surface area (Å²) in [6.07, 6.45) is -7.03. The average molecular weight is 828 g/mol. The van der Waals surface area contributed by atoms with Gasteiger partial charge in [0.15, 0.2) is 22.8 Å². The van der Waals surface area contributed by atoms with Crippen LogP contribution in [0.5, 0.6) is 0 Å². The molecule has 29 heteroatoms. The summed E-state index contributed by atoms with van der Waals surface area (Å²) in [5, 5.41) is 25.6. The summed E-state index contributed by atoms with van der Waals surface area (Å²) < 4.78 is 71.3. The maximum absolute atomic E-state index is 12.6. The number of phosphoric acid groups is 3. The van der Waals surface area contributed by atoms with Gasteiger partial charge >= 0.3 is 23.5 Å². The maximum atomic E-state index is 12.6. The summed E-state index contributed by atoms with van der Waals surface area (Å²) in [6, 6.07) is 0. The molecule has 0 bridgehead atoms. The number of hydrogen-bond donors (Lipinski definition) is 11. The highest BCUT2D eigenvalue weighted by atomic mass is 32.2. The Morgan fingerprint density at radius 2 is 1.73 bits per heavy atom. The number of nitrogens with zero attached hydrogens (tertiary/aromatic N) is 4. The lowest BCUT2D eigenvalue weighted by Crippen LogP contribution is -2.46. The molecule has 11 N–H and O–H groups in total. The third-order valence-electron chi connectivity index (χ3n) is 7.09. The Morgan fingerprint density at radius 1 is 1.08 bits per heavy atom. The molecule has 3 rings (SSSR count). The monoisotopic (exact) mass is 827 g/mol. The van der Waals surface area contributed by atoms with Crippen molar-refractivity contribution in [3.63, 3.8) is 0 Å². The minimum absolute atomic E-state index is 0.0243. The van der Waals surface area contributed by atoms with Crippen molar-refractivity contribution in [3.05, 3.63) is 12.7 Å². The second-order valence-corrected chi connectivity index (χ2v) is 17.8. The Labute approximate surface area is 297 Å². The molecular weight excluding hydrogens is 787 g/mol. The molecular formula is C23H40N7O18P3S. The van der Waals surface area contributed by atoms with E-state index in [1.165, 1.54) is 20.8 Å². The second kappa shape index (κ2) is 17.8. The quantitative estimate of drug-likeness (QED) is 0.0562. The number of anilines is 1. The summed E-state index contributed by atoms with van der Waals surface area (Å²) >= 11 is -1.86. The molecule has 0 spiro atoms. The van der Waals surface area contributed by atoms with E-state index in [2.05, 4.69) is 34.4 Å². The van der Waals surface area contributed by atoms with Crippen molar-refractivity contribution in [2.45, 2.75) is 57.8 Å². The molecule has 1 aliphatic rings. The standard InChI is InChI=1S/C23H40N7O18P3S/c1-12(31)52(43)7-6-25-14(32)4-5-26-21(35)18(34)23(2,3)9-45-51(41,42)48-50(39,40)44-8-13-17(47-49(36,37)38)16(33)22(46-13)30-11-29-15-19(24)27-10-28-20(15)30/h10-11,13,16-18,22,33-34,43,52H,4-9H2,1-3H3,(H,25,32)(H,26,35)(H,39,40)(H,41,42)(H2,24,27,28)(H2,36,37,38)/t13-,16-,17-,18?,22-/m1/s1. The first-order valence-corrected chi connectivity index (χ1v) is 20.8. The van der Waals surface area contributed by atoms with Gasteiger partial charge in [0.25, 0.3) is 0 Å². The normalized spacial score (nSPS) is 23.4. The van der Waals surface area contributed by atoms with Crippen molar-refractivity contribution in [2.75, 3.05) is 37.8 Å². The zero-order chi connectivity index (χ0) is 39.2. The predicted molar refractivity (Wildman–Crippen MR) is 177 cm³/mol. The van der Waals surface area contributed by atoms with Crippen molar-refractivity contribution >= 4 is 68.6 Å². The van der Waals surface area contributed by atoms with Gasteiger partial charge < -0.3 is 55.4 Å². The number of imidazole rings is 1. The zero-order valence-corrected chi connectivity index (χ0v) is 31.1. The van der Waals surface area contributed by atoms with Crippen molar-refractivity contribution < 1.29 is 85.0 Å². The number of thiol groups is 1. The van der Waals surface area contributed by atoms with Gasteiger partial charge in [0, 0.05) is 37.6 Å². The number of aromatic nitrogens is 4. The Kier molecular flexibility index (Phi) is 15.0. The highest BCUT2D eigenvalue weighted by Crippen LogP contribution is 2.61. The highest BCUT2D eigenvalue weighted by molar-refractivity contribution is 8.25. The van der Waals surface area contributed by atoms with E-state index in [4.69, 9.17) is 19.5 Å². The average Bonchev–Trinajstić information content (AvgIpc) is 3.58. The number of carbonyl (C=O) groups is 3. The van der Waals surface area contributed by atoms with Gasteiger partial charge in [0.1, 0.15) is 36.3 Å². The number of ether oxygens (including phenoxy) is 1. The number of amides is 2. The molecule has 1 aliphatic heterocycles. The molecule has 0 saturated carbocycles. The first kappa shape index (κ1) is 43.9. The molecule has 0 aliphatic carbocycles. The Hall–Kier alpha value is -2.48. The van der Waals surface area contributed by atoms with Crippen LogP contribution < -0.4 is 16.4 Å². The number of hydrogen-bond acceptors (Lipinski definition) is 18. The smallest absolute Gasteiger partial charge is 0.386 e. The maximum Gasteiger partial charge on any atom is 0.481 e. The van der Waals surface area contributed by atoms with Gasteiger partial charge in [0.2, 0.25) is 11.8 Å². The van der Waals surface area contributed by atoms with E-state index in [0.29, 0.717) is 0 Å². The molecule has 0 aromatic carbocycles. The van der Waals surface area contributed by atoms with Crippen molar-refractivity contribution in [3.8, 4) is 0 Å². The van der Waals surface area contributed by atoms with E-state index >= 15 is 0 Å². The molecule has 2 amide bonds. The van der Waals surface area contributed by atoms with Crippen LogP contribution in [0.3, 0.4) is 0 Å². The fraction of sp³-hybridized carbons (Fsp3) is 0.652. The number of nitrogens with one attached hydrogen (secondary N) is 2. The number of aliphatic hydroxyl groups excluding tert-OH is 2. The summed E-state index contributed by atoms with van der Waals surface area (Å²) in [5.41, 5.74) is 4.22. The van der Waals surface area contributed by atoms with Crippen LogP contribution in [-0.4, -0.2) is 127 Å². The SMILES string of the molecule is CC(=O)[SH](O)CCNC(=O)CCNC(=O)C(O)C(C)(C)COP(=O)(O)OP(=O)(O)OC[C@H]1O[C@@H](n2cnc3c(N)ncnc32)[C@H](O)[C@@H]1OP(=O)(O)O. The first-order valence-electron chi connectivity index (χ1n) is 14.8. The molecule has 25 nitrogen and oxygen atoms in total. The van der Waals surface area contributed by atoms with Gasteiger partial charge in [-0.3, -0.25) is 32.5 Å². The van der Waals surface area contributed by atoms with E-state index < -0.39 is 101 Å². The highest BCUT2D eigenvalue weighted by Gasteiger charge is 2.50. The number of fused-ring (bicyclic) bond motifs is 1. The Morgan fingerprint density at radius 3 is 2.37 bits per heavy atom. The van der Waals surface area contributed by atoms with E-state index in [1.807, 2.05) is 0 Å². The van der Waals surface area contributed by atoms with Crippen LogP contribution >= 0.6 is 34.6 Å². The van der Waals surface area contributed by atoms with Crippen LogP contribution in [0.2, 0.25) is 0 Å². The molecule has 1 fully saturated rings.